The van der Waals surface area contributed by atoms with E-state index >= 15 is 0 Å². The van der Waals surface area contributed by atoms with E-state index in [9.17, 15) is 13.2 Å². The second-order valence-corrected chi connectivity index (χ2v) is 6.19. The van der Waals surface area contributed by atoms with Gasteiger partial charge in [-0.1, -0.05) is 60.7 Å². The maximum atomic E-state index is 10.6. The van der Waals surface area contributed by atoms with Crippen LogP contribution in [-0.4, -0.2) is 30.3 Å². The molecule has 1 aliphatic heterocycles. The van der Waals surface area contributed by atoms with Crippen LogP contribution in [0.5, 0.6) is 0 Å². The molecule has 2 aromatic rings. The molecule has 3 nitrogen and oxygen atoms in total. The van der Waals surface area contributed by atoms with Gasteiger partial charge in [-0.05, 0) is 43.0 Å². The fraction of sp³-hybridized carbons (Fsp3) is 0.350. The van der Waals surface area contributed by atoms with Crippen molar-refractivity contribution in [2.24, 2.45) is 5.92 Å². The van der Waals surface area contributed by atoms with Crippen LogP contribution >= 0.6 is 0 Å². The van der Waals surface area contributed by atoms with E-state index < -0.39 is 12.1 Å². The number of rotatable bonds is 3. The van der Waals surface area contributed by atoms with Crippen LogP contribution in [0.1, 0.15) is 29.9 Å². The number of alkyl halides is 3. The molecule has 0 unspecified atom stereocenters. The van der Waals surface area contributed by atoms with Gasteiger partial charge in [0.05, 0.1) is 0 Å². The number of carboxylic acid groups (broad SMARTS) is 1. The van der Waals surface area contributed by atoms with Gasteiger partial charge in [0.15, 0.2) is 0 Å². The second-order valence-electron chi connectivity index (χ2n) is 6.19. The number of aliphatic carboxylic acids is 1. The summed E-state index contributed by atoms with van der Waals surface area (Å²) in [5.41, 5.74) is 2.92. The van der Waals surface area contributed by atoms with Crippen molar-refractivity contribution in [3.63, 3.8) is 0 Å². The lowest BCUT2D eigenvalue weighted by atomic mass is 9.76. The van der Waals surface area contributed by atoms with Crippen LogP contribution in [0.4, 0.5) is 13.2 Å². The summed E-state index contributed by atoms with van der Waals surface area (Å²) in [5.74, 6) is -1.46. The zero-order chi connectivity index (χ0) is 19.0. The Bertz CT molecular complexity index is 629. The number of halogens is 3. The summed E-state index contributed by atoms with van der Waals surface area (Å²) in [6.07, 6.45) is -2.54. The van der Waals surface area contributed by atoms with Crippen LogP contribution in [0.15, 0.2) is 60.7 Å². The SMILES string of the molecule is O=C(O)C(F)(F)F.c1ccc(C(c2ccccc2)C2CCNCC2)cc1. The first-order valence-electron chi connectivity index (χ1n) is 8.50. The number of carbonyl (C=O) groups is 1. The van der Waals surface area contributed by atoms with E-state index in [1.807, 2.05) is 0 Å². The number of nitrogens with one attached hydrogen (secondary N) is 1. The second kappa shape index (κ2) is 9.38. The van der Waals surface area contributed by atoms with Gasteiger partial charge in [-0.3, -0.25) is 0 Å². The minimum atomic E-state index is -5.08. The fourth-order valence-electron chi connectivity index (χ4n) is 3.24. The largest absolute Gasteiger partial charge is 0.490 e. The lowest BCUT2D eigenvalue weighted by Gasteiger charge is -2.31. The Morgan fingerprint density at radius 2 is 1.31 bits per heavy atom. The van der Waals surface area contributed by atoms with Crippen molar-refractivity contribution in [1.82, 2.24) is 5.32 Å². The molecule has 1 fully saturated rings. The molecule has 1 aliphatic rings. The average Bonchev–Trinajstić information content (AvgIpc) is 2.64. The van der Waals surface area contributed by atoms with Crippen LogP contribution in [0.2, 0.25) is 0 Å². The normalized spacial score (nSPS) is 15.2. The molecule has 140 valence electrons. The number of hydrogen-bond acceptors (Lipinski definition) is 2. The third-order valence-electron chi connectivity index (χ3n) is 4.42. The van der Waals surface area contributed by atoms with Gasteiger partial charge < -0.3 is 10.4 Å². The molecule has 0 atom stereocenters. The first-order chi connectivity index (χ1) is 12.4. The van der Waals surface area contributed by atoms with Crippen molar-refractivity contribution in [3.8, 4) is 0 Å². The minimum Gasteiger partial charge on any atom is -0.475 e. The zero-order valence-corrected chi connectivity index (χ0v) is 14.2. The van der Waals surface area contributed by atoms with Crippen molar-refractivity contribution < 1.29 is 23.1 Å². The van der Waals surface area contributed by atoms with E-state index in [4.69, 9.17) is 9.90 Å². The highest BCUT2D eigenvalue weighted by Gasteiger charge is 2.38. The Balaban J connectivity index is 0.000000298. The molecule has 0 aromatic heterocycles. The molecule has 3 rings (SSSR count). The zero-order valence-electron chi connectivity index (χ0n) is 14.2. The number of piperidine rings is 1. The average molecular weight is 365 g/mol. The summed E-state index contributed by atoms with van der Waals surface area (Å²) in [6.45, 7) is 2.31. The van der Waals surface area contributed by atoms with Crippen LogP contribution in [0, 0.1) is 5.92 Å². The molecule has 1 heterocycles. The lowest BCUT2D eigenvalue weighted by Crippen LogP contribution is -2.31. The van der Waals surface area contributed by atoms with Gasteiger partial charge in [0, 0.05) is 5.92 Å². The molecule has 6 heteroatoms. The third-order valence-corrected chi connectivity index (χ3v) is 4.42. The molecule has 2 aromatic carbocycles. The molecule has 1 saturated heterocycles. The summed E-state index contributed by atoms with van der Waals surface area (Å²) in [5, 5.41) is 10.6. The molecule has 26 heavy (non-hydrogen) atoms. The predicted octanol–water partition coefficient (Wildman–Crippen LogP) is 4.45. The molecule has 0 radical (unpaired) electrons. The predicted molar refractivity (Wildman–Crippen MR) is 94.0 cm³/mol. The van der Waals surface area contributed by atoms with Crippen LogP contribution in [-0.2, 0) is 4.79 Å². The van der Waals surface area contributed by atoms with E-state index in [2.05, 4.69) is 66.0 Å². The summed E-state index contributed by atoms with van der Waals surface area (Å²) < 4.78 is 31.7. The number of carboxylic acids is 1. The summed E-state index contributed by atoms with van der Waals surface area (Å²) in [4.78, 5) is 8.90. The molecular formula is C20H22F3NO2. The highest BCUT2D eigenvalue weighted by atomic mass is 19.4. The van der Waals surface area contributed by atoms with E-state index in [1.165, 1.54) is 24.0 Å². The van der Waals surface area contributed by atoms with Gasteiger partial charge in [-0.2, -0.15) is 13.2 Å². The van der Waals surface area contributed by atoms with Gasteiger partial charge >= 0.3 is 12.1 Å². The Hall–Kier alpha value is -2.34. The Labute approximate surface area is 150 Å². The Morgan fingerprint density at radius 1 is 0.923 bits per heavy atom. The van der Waals surface area contributed by atoms with Crippen LogP contribution < -0.4 is 5.32 Å². The Kier molecular flexibility index (Phi) is 7.21. The van der Waals surface area contributed by atoms with Crippen LogP contribution in [0.25, 0.3) is 0 Å². The Morgan fingerprint density at radius 3 is 1.65 bits per heavy atom. The van der Waals surface area contributed by atoms with E-state index in [1.54, 1.807) is 0 Å². The van der Waals surface area contributed by atoms with E-state index in [-0.39, 0.29) is 0 Å². The maximum Gasteiger partial charge on any atom is 0.490 e. The monoisotopic (exact) mass is 365 g/mol. The summed E-state index contributed by atoms with van der Waals surface area (Å²) in [7, 11) is 0. The van der Waals surface area contributed by atoms with Crippen molar-refractivity contribution in [3.05, 3.63) is 71.8 Å². The summed E-state index contributed by atoms with van der Waals surface area (Å²) >= 11 is 0. The molecular weight excluding hydrogens is 343 g/mol. The molecule has 0 amide bonds. The molecule has 0 bridgehead atoms. The van der Waals surface area contributed by atoms with Gasteiger partial charge in [0.1, 0.15) is 0 Å². The first-order valence-corrected chi connectivity index (χ1v) is 8.50. The number of benzene rings is 2. The van der Waals surface area contributed by atoms with E-state index in [0.29, 0.717) is 5.92 Å². The fourth-order valence-corrected chi connectivity index (χ4v) is 3.24. The van der Waals surface area contributed by atoms with Crippen LogP contribution in [0.3, 0.4) is 0 Å². The lowest BCUT2D eigenvalue weighted by molar-refractivity contribution is -0.192. The molecule has 0 aliphatic carbocycles. The topological polar surface area (TPSA) is 49.3 Å². The van der Waals surface area contributed by atoms with Crippen molar-refractivity contribution in [2.45, 2.75) is 24.9 Å². The standard InChI is InChI=1S/C18H21N.C2HF3O2/c1-3-7-15(8-4-1)18(16-9-5-2-6-10-16)17-11-13-19-14-12-17;3-2(4,5)1(6)7/h1-10,17-19H,11-14H2;(H,6,7). The van der Waals surface area contributed by atoms with Crippen molar-refractivity contribution in [1.29, 1.82) is 0 Å². The van der Waals surface area contributed by atoms with Gasteiger partial charge in [0.25, 0.3) is 0 Å². The summed E-state index contributed by atoms with van der Waals surface area (Å²) in [6, 6.07) is 22.0. The molecule has 0 spiro atoms. The number of hydrogen-bond donors (Lipinski definition) is 2. The maximum absolute atomic E-state index is 10.6. The first kappa shape index (κ1) is 20.0. The van der Waals surface area contributed by atoms with Gasteiger partial charge in [0.2, 0.25) is 0 Å². The highest BCUT2D eigenvalue weighted by Crippen LogP contribution is 2.36. The smallest absolute Gasteiger partial charge is 0.475 e. The van der Waals surface area contributed by atoms with E-state index in [0.717, 1.165) is 19.0 Å². The minimum absolute atomic E-state index is 0.546. The van der Waals surface area contributed by atoms with Crippen molar-refractivity contribution in [2.75, 3.05) is 13.1 Å². The highest BCUT2D eigenvalue weighted by molar-refractivity contribution is 5.73. The third kappa shape index (κ3) is 5.88. The van der Waals surface area contributed by atoms with Gasteiger partial charge in [-0.15, -0.1) is 0 Å². The van der Waals surface area contributed by atoms with Crippen molar-refractivity contribution >= 4 is 5.97 Å². The quantitative estimate of drug-likeness (QED) is 0.845. The molecule has 2 N–H and O–H groups in total. The molecule has 0 saturated carbocycles. The van der Waals surface area contributed by atoms with Gasteiger partial charge in [-0.25, -0.2) is 4.79 Å².